The van der Waals surface area contributed by atoms with Gasteiger partial charge in [-0.05, 0) is 80.6 Å². The number of hydrogen-bond acceptors (Lipinski definition) is 4. The Morgan fingerprint density at radius 2 is 1.10 bits per heavy atom. The summed E-state index contributed by atoms with van der Waals surface area (Å²) < 4.78 is 11.4. The molecule has 31 heavy (non-hydrogen) atoms. The number of aryl methyl sites for hydroxylation is 4. The molecule has 1 aliphatic heterocycles. The molecule has 0 atom stereocenters. The van der Waals surface area contributed by atoms with Crippen LogP contribution in [0.15, 0.2) is 36.4 Å². The largest absolute Gasteiger partial charge is 0.484 e. The summed E-state index contributed by atoms with van der Waals surface area (Å²) in [5.74, 6) is 1.29. The Kier molecular flexibility index (Phi) is 7.55. The highest BCUT2D eigenvalue weighted by Gasteiger charge is 2.22. The van der Waals surface area contributed by atoms with Crippen molar-refractivity contribution in [1.29, 1.82) is 0 Å². The predicted molar refractivity (Wildman–Crippen MR) is 121 cm³/mol. The predicted octanol–water partition coefficient (Wildman–Crippen LogP) is 3.44. The summed E-state index contributed by atoms with van der Waals surface area (Å²) >= 11 is 0. The van der Waals surface area contributed by atoms with Crippen LogP contribution in [0.4, 0.5) is 0 Å². The van der Waals surface area contributed by atoms with Crippen LogP contribution in [-0.2, 0) is 9.59 Å². The van der Waals surface area contributed by atoms with Crippen molar-refractivity contribution in [3.05, 3.63) is 58.7 Å². The van der Waals surface area contributed by atoms with E-state index < -0.39 is 0 Å². The Morgan fingerprint density at radius 1 is 0.677 bits per heavy atom. The van der Waals surface area contributed by atoms with Crippen LogP contribution < -0.4 is 9.47 Å². The van der Waals surface area contributed by atoms with Gasteiger partial charge >= 0.3 is 0 Å². The number of carbonyl (C=O) groups is 2. The first-order chi connectivity index (χ1) is 14.8. The van der Waals surface area contributed by atoms with E-state index in [1.165, 1.54) is 11.1 Å². The van der Waals surface area contributed by atoms with Gasteiger partial charge < -0.3 is 19.3 Å². The fraction of sp³-hybridized carbons (Fsp3) is 0.440. The van der Waals surface area contributed by atoms with E-state index >= 15 is 0 Å². The number of amides is 2. The summed E-state index contributed by atoms with van der Waals surface area (Å²) in [4.78, 5) is 28.7. The van der Waals surface area contributed by atoms with E-state index in [1.807, 2.05) is 64.1 Å². The van der Waals surface area contributed by atoms with E-state index in [-0.39, 0.29) is 25.0 Å². The van der Waals surface area contributed by atoms with E-state index in [0.717, 1.165) is 17.5 Å². The zero-order chi connectivity index (χ0) is 22.4. The molecule has 0 spiro atoms. The van der Waals surface area contributed by atoms with Crippen LogP contribution in [-0.4, -0.2) is 61.0 Å². The highest BCUT2D eigenvalue weighted by atomic mass is 16.5. The molecule has 1 heterocycles. The number of nitrogens with zero attached hydrogens (tertiary/aromatic N) is 2. The van der Waals surface area contributed by atoms with Gasteiger partial charge in [0, 0.05) is 26.2 Å². The normalized spacial score (nSPS) is 14.2. The monoisotopic (exact) mass is 424 g/mol. The lowest BCUT2D eigenvalue weighted by atomic mass is 10.1. The van der Waals surface area contributed by atoms with Gasteiger partial charge in [-0.3, -0.25) is 9.59 Å². The molecule has 2 aromatic rings. The van der Waals surface area contributed by atoms with Crippen molar-refractivity contribution < 1.29 is 19.1 Å². The number of benzene rings is 2. The maximum Gasteiger partial charge on any atom is 0.260 e. The molecule has 3 rings (SSSR count). The summed E-state index contributed by atoms with van der Waals surface area (Å²) in [5, 5.41) is 0. The third-order valence-electron chi connectivity index (χ3n) is 5.88. The first kappa shape index (κ1) is 22.7. The number of hydrogen-bond donors (Lipinski definition) is 0. The molecular weight excluding hydrogens is 392 g/mol. The van der Waals surface area contributed by atoms with Crippen molar-refractivity contribution in [2.24, 2.45) is 0 Å². The van der Waals surface area contributed by atoms with Crippen LogP contribution in [0.25, 0.3) is 0 Å². The van der Waals surface area contributed by atoms with E-state index in [1.54, 1.807) is 9.80 Å². The molecule has 0 radical (unpaired) electrons. The Morgan fingerprint density at radius 3 is 1.48 bits per heavy atom. The molecule has 6 nitrogen and oxygen atoms in total. The number of rotatable bonds is 6. The molecule has 166 valence electrons. The molecular formula is C25H32N2O4. The molecule has 6 heteroatoms. The first-order valence-electron chi connectivity index (χ1n) is 10.8. The lowest BCUT2D eigenvalue weighted by molar-refractivity contribution is -0.135. The highest BCUT2D eigenvalue weighted by molar-refractivity contribution is 5.79. The Bertz CT molecular complexity index is 866. The molecule has 0 aliphatic carbocycles. The summed E-state index contributed by atoms with van der Waals surface area (Å²) in [7, 11) is 0. The standard InChI is InChI=1S/C25H32N2O4/c1-18-6-8-22(14-20(18)3)30-16-24(28)26-10-5-11-27(13-12-26)25(29)17-31-23-9-7-19(2)21(4)15-23/h6-9,14-15H,5,10-13,16-17H2,1-4H3. The lowest BCUT2D eigenvalue weighted by Gasteiger charge is -2.22. The van der Waals surface area contributed by atoms with E-state index in [2.05, 4.69) is 0 Å². The Hall–Kier alpha value is -3.02. The molecule has 1 fully saturated rings. The molecule has 0 N–H and O–H groups in total. The molecule has 2 amide bonds. The van der Waals surface area contributed by atoms with Crippen molar-refractivity contribution in [2.75, 3.05) is 39.4 Å². The molecule has 2 aromatic carbocycles. The van der Waals surface area contributed by atoms with Crippen LogP contribution in [0.2, 0.25) is 0 Å². The van der Waals surface area contributed by atoms with Gasteiger partial charge in [0.1, 0.15) is 11.5 Å². The molecule has 0 unspecified atom stereocenters. The smallest absolute Gasteiger partial charge is 0.260 e. The minimum Gasteiger partial charge on any atom is -0.484 e. The average Bonchev–Trinajstić information content (AvgIpc) is 3.01. The minimum absolute atomic E-state index is 0.00628. The van der Waals surface area contributed by atoms with Crippen LogP contribution >= 0.6 is 0 Å². The molecule has 0 saturated carbocycles. The van der Waals surface area contributed by atoms with Crippen molar-refractivity contribution in [1.82, 2.24) is 9.80 Å². The SMILES string of the molecule is Cc1ccc(OCC(=O)N2CCCN(C(=O)COc3ccc(C)c(C)c3)CC2)cc1C. The fourth-order valence-corrected chi connectivity index (χ4v) is 3.50. The molecule has 0 aromatic heterocycles. The van der Waals surface area contributed by atoms with Crippen molar-refractivity contribution in [2.45, 2.75) is 34.1 Å². The van der Waals surface area contributed by atoms with Gasteiger partial charge in [0.2, 0.25) is 0 Å². The zero-order valence-electron chi connectivity index (χ0n) is 18.9. The third kappa shape index (κ3) is 6.23. The Balaban J connectivity index is 1.46. The van der Waals surface area contributed by atoms with Crippen LogP contribution in [0.1, 0.15) is 28.7 Å². The van der Waals surface area contributed by atoms with E-state index in [9.17, 15) is 9.59 Å². The van der Waals surface area contributed by atoms with Crippen molar-refractivity contribution in [3.8, 4) is 11.5 Å². The number of carbonyl (C=O) groups excluding carboxylic acids is 2. The van der Waals surface area contributed by atoms with Gasteiger partial charge in [-0.25, -0.2) is 0 Å². The second-order valence-electron chi connectivity index (χ2n) is 8.18. The van der Waals surface area contributed by atoms with Gasteiger partial charge in [-0.1, -0.05) is 12.1 Å². The molecule has 1 aliphatic rings. The summed E-state index contributed by atoms with van der Waals surface area (Å²) in [6, 6.07) is 11.6. The summed E-state index contributed by atoms with van der Waals surface area (Å²) in [6.07, 6.45) is 0.741. The van der Waals surface area contributed by atoms with Crippen molar-refractivity contribution in [3.63, 3.8) is 0 Å². The van der Waals surface area contributed by atoms with E-state index in [4.69, 9.17) is 9.47 Å². The van der Waals surface area contributed by atoms with E-state index in [0.29, 0.717) is 37.7 Å². The highest BCUT2D eigenvalue weighted by Crippen LogP contribution is 2.18. The topological polar surface area (TPSA) is 59.1 Å². The van der Waals surface area contributed by atoms with Crippen molar-refractivity contribution >= 4 is 11.8 Å². The van der Waals surface area contributed by atoms with Gasteiger partial charge in [-0.2, -0.15) is 0 Å². The maximum absolute atomic E-state index is 12.6. The van der Waals surface area contributed by atoms with Gasteiger partial charge in [-0.15, -0.1) is 0 Å². The van der Waals surface area contributed by atoms with Gasteiger partial charge in [0.15, 0.2) is 13.2 Å². The van der Waals surface area contributed by atoms with Gasteiger partial charge in [0.25, 0.3) is 11.8 Å². The van der Waals surface area contributed by atoms with Crippen LogP contribution in [0.5, 0.6) is 11.5 Å². The Labute approximate surface area is 184 Å². The minimum atomic E-state index is -0.0566. The summed E-state index contributed by atoms with van der Waals surface area (Å²) in [6.45, 7) is 10.4. The second-order valence-corrected chi connectivity index (χ2v) is 8.18. The maximum atomic E-state index is 12.6. The summed E-state index contributed by atoms with van der Waals surface area (Å²) in [5.41, 5.74) is 4.66. The number of ether oxygens (including phenoxy) is 2. The average molecular weight is 425 g/mol. The quantitative estimate of drug-likeness (QED) is 0.713. The third-order valence-corrected chi connectivity index (χ3v) is 5.88. The first-order valence-corrected chi connectivity index (χ1v) is 10.8. The molecule has 0 bridgehead atoms. The fourth-order valence-electron chi connectivity index (χ4n) is 3.50. The lowest BCUT2D eigenvalue weighted by Crippen LogP contribution is -2.40. The van der Waals surface area contributed by atoms with Gasteiger partial charge in [0.05, 0.1) is 0 Å². The molecule has 1 saturated heterocycles. The van der Waals surface area contributed by atoms with Crippen LogP contribution in [0.3, 0.4) is 0 Å². The zero-order valence-corrected chi connectivity index (χ0v) is 18.9. The second kappa shape index (κ2) is 10.3. The van der Waals surface area contributed by atoms with Crippen LogP contribution in [0, 0.1) is 27.7 Å².